The third kappa shape index (κ3) is 8.18. The third-order valence-corrected chi connectivity index (χ3v) is 4.29. The Kier molecular flexibility index (Phi) is 8.43. The minimum atomic E-state index is -0.498. The van der Waals surface area contributed by atoms with Crippen molar-refractivity contribution in [2.75, 3.05) is 11.9 Å². The number of aromatic nitrogens is 1. The van der Waals surface area contributed by atoms with E-state index in [1.54, 1.807) is 18.3 Å². The van der Waals surface area contributed by atoms with Crippen LogP contribution in [0.15, 0.2) is 79.0 Å². The molecule has 0 atom stereocenters. The van der Waals surface area contributed by atoms with Gasteiger partial charge in [0.05, 0.1) is 5.69 Å². The van der Waals surface area contributed by atoms with Crippen LogP contribution in [-0.2, 0) is 22.7 Å². The predicted octanol–water partition coefficient (Wildman–Crippen LogP) is 4.31. The molecule has 7 nitrogen and oxygen atoms in total. The van der Waals surface area contributed by atoms with E-state index in [4.69, 9.17) is 9.47 Å². The van der Waals surface area contributed by atoms with Crippen LogP contribution < -0.4 is 15.4 Å². The minimum absolute atomic E-state index is 0.138. The van der Waals surface area contributed by atoms with Gasteiger partial charge in [-0.05, 0) is 36.2 Å². The Balaban J connectivity index is 1.32. The van der Waals surface area contributed by atoms with E-state index in [2.05, 4.69) is 15.6 Å². The summed E-state index contributed by atoms with van der Waals surface area (Å²) in [6, 6.07) is 22.3. The van der Waals surface area contributed by atoms with E-state index in [-0.39, 0.29) is 18.9 Å². The number of benzene rings is 2. The van der Waals surface area contributed by atoms with Crippen molar-refractivity contribution >= 4 is 17.7 Å². The highest BCUT2D eigenvalue weighted by Gasteiger charge is 2.06. The summed E-state index contributed by atoms with van der Waals surface area (Å²) in [5.41, 5.74) is 2.40. The Hall–Kier alpha value is -3.87. The SMILES string of the molecule is O=C(CCCNC(=O)OCc1ccccc1)Nc1cccc(OCc2ccccn2)c1. The molecule has 0 spiro atoms. The Bertz CT molecular complexity index is 965. The van der Waals surface area contributed by atoms with Crippen molar-refractivity contribution in [3.8, 4) is 5.75 Å². The van der Waals surface area contributed by atoms with E-state index in [0.29, 0.717) is 31.0 Å². The summed E-state index contributed by atoms with van der Waals surface area (Å²) in [7, 11) is 0. The molecular weight excluding hydrogens is 394 g/mol. The molecule has 2 amide bonds. The number of carbonyl (C=O) groups excluding carboxylic acids is 2. The molecule has 0 radical (unpaired) electrons. The van der Waals surface area contributed by atoms with Gasteiger partial charge in [0.1, 0.15) is 19.0 Å². The van der Waals surface area contributed by atoms with Gasteiger partial charge < -0.3 is 20.1 Å². The van der Waals surface area contributed by atoms with E-state index in [0.717, 1.165) is 11.3 Å². The Morgan fingerprint density at radius 3 is 2.55 bits per heavy atom. The van der Waals surface area contributed by atoms with Crippen molar-refractivity contribution in [3.63, 3.8) is 0 Å². The lowest BCUT2D eigenvalue weighted by molar-refractivity contribution is -0.116. The van der Waals surface area contributed by atoms with E-state index < -0.39 is 6.09 Å². The number of alkyl carbamates (subject to hydrolysis) is 1. The monoisotopic (exact) mass is 419 g/mol. The molecular formula is C24H25N3O4. The van der Waals surface area contributed by atoms with Crippen molar-refractivity contribution in [2.24, 2.45) is 0 Å². The van der Waals surface area contributed by atoms with Gasteiger partial charge in [0.25, 0.3) is 0 Å². The third-order valence-electron chi connectivity index (χ3n) is 4.29. The quantitative estimate of drug-likeness (QED) is 0.478. The Morgan fingerprint density at radius 1 is 0.903 bits per heavy atom. The molecule has 3 aromatic rings. The first-order valence-corrected chi connectivity index (χ1v) is 10.1. The average molecular weight is 419 g/mol. The Morgan fingerprint density at radius 2 is 1.74 bits per heavy atom. The minimum Gasteiger partial charge on any atom is -0.487 e. The van der Waals surface area contributed by atoms with E-state index in [1.165, 1.54) is 0 Å². The fourth-order valence-electron chi connectivity index (χ4n) is 2.74. The van der Waals surface area contributed by atoms with Crippen molar-refractivity contribution in [1.82, 2.24) is 10.3 Å². The molecule has 160 valence electrons. The lowest BCUT2D eigenvalue weighted by atomic mass is 10.2. The summed E-state index contributed by atoms with van der Waals surface area (Å²) in [4.78, 5) is 28.1. The summed E-state index contributed by atoms with van der Waals surface area (Å²) >= 11 is 0. The number of anilines is 1. The molecule has 0 fully saturated rings. The van der Waals surface area contributed by atoms with Crippen molar-refractivity contribution in [2.45, 2.75) is 26.1 Å². The molecule has 0 saturated carbocycles. The molecule has 0 aliphatic rings. The molecule has 1 heterocycles. The van der Waals surface area contributed by atoms with Gasteiger partial charge in [-0.25, -0.2) is 4.79 Å². The van der Waals surface area contributed by atoms with Crippen LogP contribution in [0.25, 0.3) is 0 Å². The molecule has 0 unspecified atom stereocenters. The summed E-state index contributed by atoms with van der Waals surface area (Å²) in [6.45, 7) is 0.921. The molecule has 0 saturated heterocycles. The number of carbonyl (C=O) groups is 2. The van der Waals surface area contributed by atoms with E-state index in [1.807, 2.05) is 60.7 Å². The number of rotatable bonds is 10. The summed E-state index contributed by atoms with van der Waals surface area (Å²) in [6.07, 6.45) is 2.00. The maximum Gasteiger partial charge on any atom is 0.407 e. The van der Waals surface area contributed by atoms with Gasteiger partial charge in [0.15, 0.2) is 0 Å². The first kappa shape index (κ1) is 21.8. The maximum absolute atomic E-state index is 12.2. The van der Waals surface area contributed by atoms with Gasteiger partial charge in [0.2, 0.25) is 5.91 Å². The van der Waals surface area contributed by atoms with Crippen LogP contribution in [0.2, 0.25) is 0 Å². The number of hydrogen-bond donors (Lipinski definition) is 2. The van der Waals surface area contributed by atoms with Crippen LogP contribution in [0, 0.1) is 0 Å². The van der Waals surface area contributed by atoms with E-state index in [9.17, 15) is 9.59 Å². The van der Waals surface area contributed by atoms with Gasteiger partial charge in [-0.15, -0.1) is 0 Å². The van der Waals surface area contributed by atoms with Crippen LogP contribution in [0.5, 0.6) is 5.75 Å². The normalized spacial score (nSPS) is 10.2. The van der Waals surface area contributed by atoms with Crippen LogP contribution in [-0.4, -0.2) is 23.5 Å². The molecule has 0 bridgehead atoms. The molecule has 2 aromatic carbocycles. The molecule has 7 heteroatoms. The van der Waals surface area contributed by atoms with Crippen molar-refractivity contribution < 1.29 is 19.1 Å². The zero-order chi connectivity index (χ0) is 21.7. The highest BCUT2D eigenvalue weighted by Crippen LogP contribution is 2.18. The number of amides is 2. The van der Waals surface area contributed by atoms with Crippen LogP contribution in [0.1, 0.15) is 24.1 Å². The molecule has 2 N–H and O–H groups in total. The fraction of sp³-hybridized carbons (Fsp3) is 0.208. The number of pyridine rings is 1. The van der Waals surface area contributed by atoms with Gasteiger partial charge in [-0.1, -0.05) is 42.5 Å². The molecule has 0 aliphatic heterocycles. The highest BCUT2D eigenvalue weighted by atomic mass is 16.5. The van der Waals surface area contributed by atoms with Gasteiger partial charge in [-0.2, -0.15) is 0 Å². The smallest absolute Gasteiger partial charge is 0.407 e. The van der Waals surface area contributed by atoms with Crippen molar-refractivity contribution in [3.05, 3.63) is 90.3 Å². The van der Waals surface area contributed by atoms with Crippen molar-refractivity contribution in [1.29, 1.82) is 0 Å². The number of hydrogen-bond acceptors (Lipinski definition) is 5. The first-order valence-electron chi connectivity index (χ1n) is 10.1. The lowest BCUT2D eigenvalue weighted by Gasteiger charge is -2.09. The highest BCUT2D eigenvalue weighted by molar-refractivity contribution is 5.90. The average Bonchev–Trinajstić information content (AvgIpc) is 2.81. The molecule has 31 heavy (non-hydrogen) atoms. The standard InChI is InChI=1S/C24H25N3O4/c28-23(13-7-15-26-24(29)31-17-19-8-2-1-3-9-19)27-20-11-6-12-22(16-20)30-18-21-10-4-5-14-25-21/h1-6,8-12,14,16H,7,13,15,17-18H2,(H,26,29)(H,27,28). The van der Waals surface area contributed by atoms with Crippen LogP contribution in [0.3, 0.4) is 0 Å². The topological polar surface area (TPSA) is 89.6 Å². The van der Waals surface area contributed by atoms with E-state index >= 15 is 0 Å². The second-order valence-electron chi connectivity index (χ2n) is 6.78. The van der Waals surface area contributed by atoms with Gasteiger partial charge >= 0.3 is 6.09 Å². The van der Waals surface area contributed by atoms with Crippen LogP contribution in [0.4, 0.5) is 10.5 Å². The van der Waals surface area contributed by atoms with Crippen LogP contribution >= 0.6 is 0 Å². The number of ether oxygens (including phenoxy) is 2. The number of nitrogens with one attached hydrogen (secondary N) is 2. The second kappa shape index (κ2) is 12.0. The summed E-state index contributed by atoms with van der Waals surface area (Å²) < 4.78 is 10.8. The first-order chi connectivity index (χ1) is 15.2. The largest absolute Gasteiger partial charge is 0.487 e. The summed E-state index contributed by atoms with van der Waals surface area (Å²) in [5.74, 6) is 0.507. The van der Waals surface area contributed by atoms with Gasteiger partial charge in [-0.3, -0.25) is 9.78 Å². The zero-order valence-electron chi connectivity index (χ0n) is 17.1. The maximum atomic E-state index is 12.2. The lowest BCUT2D eigenvalue weighted by Crippen LogP contribution is -2.26. The molecule has 1 aromatic heterocycles. The van der Waals surface area contributed by atoms with Gasteiger partial charge in [0, 0.05) is 30.9 Å². The second-order valence-corrected chi connectivity index (χ2v) is 6.78. The Labute approximate surface area is 181 Å². The summed E-state index contributed by atoms with van der Waals surface area (Å²) in [5, 5.41) is 5.48. The fourth-order valence-corrected chi connectivity index (χ4v) is 2.74. The molecule has 0 aliphatic carbocycles. The predicted molar refractivity (Wildman–Crippen MR) is 118 cm³/mol. The zero-order valence-corrected chi connectivity index (χ0v) is 17.1. The molecule has 3 rings (SSSR count). The number of nitrogens with zero attached hydrogens (tertiary/aromatic N) is 1.